The van der Waals surface area contributed by atoms with E-state index >= 15 is 0 Å². The lowest BCUT2D eigenvalue weighted by molar-refractivity contribution is 0.111. The summed E-state index contributed by atoms with van der Waals surface area (Å²) < 4.78 is 4.89. The monoisotopic (exact) mass is 612 g/mol. The first kappa shape index (κ1) is 31.8. The number of hydrogen-bond donors (Lipinski definition) is 0. The van der Waals surface area contributed by atoms with E-state index in [0.717, 1.165) is 60.4 Å². The Hall–Kier alpha value is -4.18. The lowest BCUT2D eigenvalue weighted by atomic mass is 10.00. The summed E-state index contributed by atoms with van der Waals surface area (Å²) in [4.78, 5) is 23.5. The van der Waals surface area contributed by atoms with Crippen LogP contribution in [0.15, 0.2) is 72.8 Å². The average Bonchev–Trinajstić information content (AvgIpc) is 3.58. The van der Waals surface area contributed by atoms with Crippen LogP contribution in [-0.4, -0.2) is 21.7 Å². The Bertz CT molecular complexity index is 1830. The molecule has 2 heterocycles. The molecule has 6 rings (SSSR count). The zero-order chi connectivity index (χ0) is 31.9. The van der Waals surface area contributed by atoms with Crippen LogP contribution in [0, 0.1) is 0 Å². The molecule has 0 aliphatic heterocycles. The highest BCUT2D eigenvalue weighted by atomic mass is 16.1. The van der Waals surface area contributed by atoms with Crippen LogP contribution in [0.25, 0.3) is 54.7 Å². The van der Waals surface area contributed by atoms with Crippen molar-refractivity contribution in [2.75, 3.05) is 0 Å². The fourth-order valence-electron chi connectivity index (χ4n) is 7.33. The van der Waals surface area contributed by atoms with Gasteiger partial charge in [-0.05, 0) is 84.6 Å². The van der Waals surface area contributed by atoms with Gasteiger partial charge in [-0.15, -0.1) is 0 Å². The third kappa shape index (κ3) is 6.54. The number of nitrogens with zero attached hydrogens (tertiary/aromatic N) is 2. The van der Waals surface area contributed by atoms with E-state index in [0.29, 0.717) is 11.1 Å². The minimum Gasteiger partial charge on any atom is -0.340 e. The molecule has 0 N–H and O–H groups in total. The quantitative estimate of drug-likeness (QED) is 0.0759. The zero-order valence-electron chi connectivity index (χ0n) is 27.7. The van der Waals surface area contributed by atoms with Crippen LogP contribution in [0.3, 0.4) is 0 Å². The van der Waals surface area contributed by atoms with Gasteiger partial charge in [0, 0.05) is 67.8 Å². The molecular weight excluding hydrogens is 564 g/mol. The van der Waals surface area contributed by atoms with Gasteiger partial charge in [0.25, 0.3) is 0 Å². The predicted molar refractivity (Wildman–Crippen MR) is 195 cm³/mol. The summed E-state index contributed by atoms with van der Waals surface area (Å²) in [5.74, 6) is 0. The molecule has 0 saturated carbocycles. The molecule has 0 aliphatic rings. The van der Waals surface area contributed by atoms with Crippen molar-refractivity contribution in [3.8, 4) is 11.1 Å². The van der Waals surface area contributed by atoms with E-state index in [9.17, 15) is 9.59 Å². The van der Waals surface area contributed by atoms with Crippen LogP contribution in [0.5, 0.6) is 0 Å². The molecule has 0 aliphatic carbocycles. The van der Waals surface area contributed by atoms with Crippen LogP contribution in [0.2, 0.25) is 0 Å². The standard InChI is InChI=1S/C42H48N2O2/c1-3-5-7-9-11-13-23-43-39-19-15-31(29-45)25-35(39)37-27-33(17-21-41(37)43)34-18-22-42-38(28-34)36-26-32(30-46)16-20-40(36)44(42)24-14-12-10-8-6-4-2/h15-22,25-30H,3-14,23-24H2,1-2H3. The van der Waals surface area contributed by atoms with E-state index in [1.54, 1.807) is 0 Å². The molecule has 0 bridgehead atoms. The maximum Gasteiger partial charge on any atom is 0.150 e. The summed E-state index contributed by atoms with van der Waals surface area (Å²) in [5, 5.41) is 4.66. The van der Waals surface area contributed by atoms with Gasteiger partial charge in [0.15, 0.2) is 0 Å². The zero-order valence-corrected chi connectivity index (χ0v) is 27.7. The van der Waals surface area contributed by atoms with Crippen molar-refractivity contribution in [2.24, 2.45) is 0 Å². The van der Waals surface area contributed by atoms with Gasteiger partial charge >= 0.3 is 0 Å². The summed E-state index contributed by atoms with van der Waals surface area (Å²) in [6.07, 6.45) is 17.1. The van der Waals surface area contributed by atoms with E-state index in [1.165, 1.54) is 97.0 Å². The Morgan fingerprint density at radius 1 is 0.435 bits per heavy atom. The summed E-state index contributed by atoms with van der Waals surface area (Å²) in [6.45, 7) is 6.48. The number of unbranched alkanes of at least 4 members (excludes halogenated alkanes) is 10. The molecule has 4 aromatic carbocycles. The maximum atomic E-state index is 11.8. The molecule has 0 saturated heterocycles. The van der Waals surface area contributed by atoms with Gasteiger partial charge in [-0.2, -0.15) is 0 Å². The number of aryl methyl sites for hydroxylation is 2. The Balaban J connectivity index is 1.37. The van der Waals surface area contributed by atoms with Crippen LogP contribution in [0.1, 0.15) is 112 Å². The molecule has 0 spiro atoms. The van der Waals surface area contributed by atoms with E-state index < -0.39 is 0 Å². The van der Waals surface area contributed by atoms with Gasteiger partial charge in [-0.25, -0.2) is 0 Å². The highest BCUT2D eigenvalue weighted by Crippen LogP contribution is 2.37. The van der Waals surface area contributed by atoms with Crippen molar-refractivity contribution < 1.29 is 9.59 Å². The molecule has 4 heteroatoms. The van der Waals surface area contributed by atoms with Crippen molar-refractivity contribution in [1.29, 1.82) is 0 Å². The lowest BCUT2D eigenvalue weighted by Gasteiger charge is -2.09. The Morgan fingerprint density at radius 3 is 1.17 bits per heavy atom. The first-order valence-electron chi connectivity index (χ1n) is 17.7. The van der Waals surface area contributed by atoms with Crippen molar-refractivity contribution in [2.45, 2.75) is 104 Å². The highest BCUT2D eigenvalue weighted by Gasteiger charge is 2.15. The number of aldehydes is 2. The number of aromatic nitrogens is 2. The van der Waals surface area contributed by atoms with Crippen molar-refractivity contribution in [3.05, 3.63) is 83.9 Å². The molecule has 4 nitrogen and oxygen atoms in total. The smallest absolute Gasteiger partial charge is 0.150 e. The average molecular weight is 613 g/mol. The lowest BCUT2D eigenvalue weighted by Crippen LogP contribution is -1.98. The van der Waals surface area contributed by atoms with Gasteiger partial charge < -0.3 is 9.13 Å². The van der Waals surface area contributed by atoms with Gasteiger partial charge in [-0.3, -0.25) is 9.59 Å². The van der Waals surface area contributed by atoms with Crippen LogP contribution in [-0.2, 0) is 13.1 Å². The van der Waals surface area contributed by atoms with Crippen molar-refractivity contribution in [1.82, 2.24) is 9.13 Å². The van der Waals surface area contributed by atoms with Crippen molar-refractivity contribution in [3.63, 3.8) is 0 Å². The third-order valence-electron chi connectivity index (χ3n) is 9.85. The summed E-state index contributed by atoms with van der Waals surface area (Å²) in [7, 11) is 0. The number of carbonyl (C=O) groups is 2. The van der Waals surface area contributed by atoms with Gasteiger partial charge in [-0.1, -0.05) is 90.2 Å². The molecule has 0 radical (unpaired) electrons. The maximum absolute atomic E-state index is 11.8. The highest BCUT2D eigenvalue weighted by molar-refractivity contribution is 6.12. The first-order valence-corrected chi connectivity index (χ1v) is 17.7. The predicted octanol–water partition coefficient (Wildman–Crippen LogP) is 11.9. The summed E-state index contributed by atoms with van der Waals surface area (Å²) in [5.41, 5.74) is 8.58. The van der Waals surface area contributed by atoms with Gasteiger partial charge in [0.05, 0.1) is 0 Å². The SMILES string of the molecule is CCCCCCCCn1c2ccc(C=O)cc2c2cc(-c3ccc4c(c3)c3cc(C=O)ccc3n4CCCCCCCC)ccc21. The van der Waals surface area contributed by atoms with Crippen LogP contribution < -0.4 is 0 Å². The van der Waals surface area contributed by atoms with E-state index in [2.05, 4.69) is 71.5 Å². The van der Waals surface area contributed by atoms with Gasteiger partial charge in [0.1, 0.15) is 12.6 Å². The van der Waals surface area contributed by atoms with E-state index in [1.807, 2.05) is 24.3 Å². The minimum atomic E-state index is 0.710. The Morgan fingerprint density at radius 2 is 0.783 bits per heavy atom. The van der Waals surface area contributed by atoms with Crippen LogP contribution >= 0.6 is 0 Å². The van der Waals surface area contributed by atoms with Gasteiger partial charge in [0.2, 0.25) is 0 Å². The normalized spacial score (nSPS) is 11.8. The fourth-order valence-corrected chi connectivity index (χ4v) is 7.33. The number of rotatable bonds is 17. The molecule has 2 aromatic heterocycles. The second-order valence-electron chi connectivity index (χ2n) is 13.1. The topological polar surface area (TPSA) is 44.0 Å². The minimum absolute atomic E-state index is 0.710. The summed E-state index contributed by atoms with van der Waals surface area (Å²) in [6, 6.07) is 25.8. The molecular formula is C42H48N2O2. The molecule has 238 valence electrons. The first-order chi connectivity index (χ1) is 22.7. The molecule has 46 heavy (non-hydrogen) atoms. The Kier molecular flexibility index (Phi) is 10.3. The van der Waals surface area contributed by atoms with E-state index in [4.69, 9.17) is 0 Å². The number of carbonyl (C=O) groups excluding carboxylic acids is 2. The Labute approximate surface area is 273 Å². The van der Waals surface area contributed by atoms with Crippen molar-refractivity contribution >= 4 is 56.2 Å². The van der Waals surface area contributed by atoms with E-state index in [-0.39, 0.29) is 0 Å². The fraction of sp³-hybridized carbons (Fsp3) is 0.381. The second-order valence-corrected chi connectivity index (χ2v) is 13.1. The molecule has 6 aromatic rings. The number of benzene rings is 4. The number of hydrogen-bond acceptors (Lipinski definition) is 2. The molecule has 0 fully saturated rings. The molecule has 0 amide bonds. The third-order valence-corrected chi connectivity index (χ3v) is 9.85. The second kappa shape index (κ2) is 14.9. The number of fused-ring (bicyclic) bond motifs is 6. The largest absolute Gasteiger partial charge is 0.340 e. The van der Waals surface area contributed by atoms with Crippen LogP contribution in [0.4, 0.5) is 0 Å². The molecule has 0 atom stereocenters. The summed E-state index contributed by atoms with van der Waals surface area (Å²) >= 11 is 0. The molecule has 0 unspecified atom stereocenters.